The number of halogens is 1. The molecule has 0 unspecified atom stereocenters. The van der Waals surface area contributed by atoms with E-state index < -0.39 is 0 Å². The largest absolute Gasteiger partial charge is 0.207 e. The zero-order valence-electron chi connectivity index (χ0n) is 9.64. The molecule has 86 valence electrons. The summed E-state index contributed by atoms with van der Waals surface area (Å²) in [6.07, 6.45) is 3.26. The second-order valence-electron chi connectivity index (χ2n) is 3.94. The molecular weight excluding hydrogens is 211 g/mol. The first-order valence-corrected chi connectivity index (χ1v) is 5.81. The molecule has 0 saturated heterocycles. The van der Waals surface area contributed by atoms with Gasteiger partial charge in [-0.2, -0.15) is 0 Å². The van der Waals surface area contributed by atoms with E-state index in [1.165, 1.54) is 5.56 Å². The summed E-state index contributed by atoms with van der Waals surface area (Å²) in [5.41, 5.74) is 1.89. The van der Waals surface area contributed by atoms with Crippen LogP contribution in [0, 0.1) is 0 Å². The smallest absolute Gasteiger partial charge is 0.126 e. The van der Waals surface area contributed by atoms with Crippen molar-refractivity contribution >= 4 is 5.83 Å². The number of aryl methyl sites for hydroxylation is 1. The predicted octanol–water partition coefficient (Wildman–Crippen LogP) is 4.63. The van der Waals surface area contributed by atoms with Crippen LogP contribution in [0.5, 0.6) is 0 Å². The molecule has 0 atom stereocenters. The average Bonchev–Trinajstić information content (AvgIpc) is 2.41. The Morgan fingerprint density at radius 1 is 0.882 bits per heavy atom. The Kier molecular flexibility index (Phi) is 4.09. The molecule has 0 bridgehead atoms. The molecular formula is C16H15F. The van der Waals surface area contributed by atoms with Gasteiger partial charge in [0.2, 0.25) is 0 Å². The Morgan fingerprint density at radius 2 is 1.47 bits per heavy atom. The number of rotatable bonds is 4. The first kappa shape index (κ1) is 11.6. The number of hydrogen-bond donors (Lipinski definition) is 0. The van der Waals surface area contributed by atoms with Crippen LogP contribution in [0.15, 0.2) is 66.7 Å². The summed E-state index contributed by atoms with van der Waals surface area (Å²) in [6.45, 7) is 0. The van der Waals surface area contributed by atoms with Gasteiger partial charge >= 0.3 is 0 Å². The van der Waals surface area contributed by atoms with Crippen molar-refractivity contribution in [3.8, 4) is 0 Å². The van der Waals surface area contributed by atoms with Crippen molar-refractivity contribution in [1.29, 1.82) is 0 Å². The third-order valence-corrected chi connectivity index (χ3v) is 2.65. The van der Waals surface area contributed by atoms with E-state index >= 15 is 0 Å². The van der Waals surface area contributed by atoms with Gasteiger partial charge in [0.1, 0.15) is 5.83 Å². The van der Waals surface area contributed by atoms with E-state index in [0.29, 0.717) is 5.56 Å². The second-order valence-corrected chi connectivity index (χ2v) is 3.94. The Hall–Kier alpha value is -1.89. The van der Waals surface area contributed by atoms with E-state index in [4.69, 9.17) is 0 Å². The summed E-state index contributed by atoms with van der Waals surface area (Å²) in [4.78, 5) is 0. The molecule has 0 aliphatic heterocycles. The maximum Gasteiger partial charge on any atom is 0.126 e. The number of benzene rings is 2. The molecule has 0 saturated carbocycles. The van der Waals surface area contributed by atoms with Crippen molar-refractivity contribution in [2.75, 3.05) is 0 Å². The minimum Gasteiger partial charge on any atom is -0.207 e. The quantitative estimate of drug-likeness (QED) is 0.713. The molecule has 0 spiro atoms. The summed E-state index contributed by atoms with van der Waals surface area (Å²) in [5, 5.41) is 0. The van der Waals surface area contributed by atoms with E-state index in [0.717, 1.165) is 12.8 Å². The normalized spacial score (nSPS) is 11.5. The molecule has 2 rings (SSSR count). The van der Waals surface area contributed by atoms with Gasteiger partial charge in [0.25, 0.3) is 0 Å². The van der Waals surface area contributed by atoms with Crippen LogP contribution in [0.1, 0.15) is 17.5 Å². The highest BCUT2D eigenvalue weighted by Gasteiger charge is 1.97. The van der Waals surface area contributed by atoms with E-state index in [1.807, 2.05) is 36.4 Å². The molecule has 0 aromatic heterocycles. The monoisotopic (exact) mass is 226 g/mol. The van der Waals surface area contributed by atoms with E-state index in [1.54, 1.807) is 18.2 Å². The van der Waals surface area contributed by atoms with Gasteiger partial charge in [0.05, 0.1) is 0 Å². The molecule has 0 fully saturated rings. The Bertz CT molecular complexity index is 471. The van der Waals surface area contributed by atoms with Gasteiger partial charge in [-0.25, -0.2) is 4.39 Å². The van der Waals surface area contributed by atoms with Crippen LogP contribution < -0.4 is 0 Å². The molecule has 2 aromatic carbocycles. The first-order valence-electron chi connectivity index (χ1n) is 5.81. The summed E-state index contributed by atoms with van der Waals surface area (Å²) in [5.74, 6) is -0.137. The zero-order valence-corrected chi connectivity index (χ0v) is 9.64. The third kappa shape index (κ3) is 3.56. The fourth-order valence-corrected chi connectivity index (χ4v) is 1.73. The summed E-state index contributed by atoms with van der Waals surface area (Å²) >= 11 is 0. The van der Waals surface area contributed by atoms with Gasteiger partial charge in [0, 0.05) is 5.56 Å². The number of hydrogen-bond acceptors (Lipinski definition) is 0. The second kappa shape index (κ2) is 6.00. The van der Waals surface area contributed by atoms with Gasteiger partial charge in [-0.1, -0.05) is 60.7 Å². The molecule has 0 radical (unpaired) electrons. The molecule has 0 amide bonds. The molecule has 0 N–H and O–H groups in total. The molecule has 0 heterocycles. The zero-order chi connectivity index (χ0) is 11.9. The van der Waals surface area contributed by atoms with Crippen molar-refractivity contribution in [3.05, 3.63) is 77.9 Å². The van der Waals surface area contributed by atoms with Crippen molar-refractivity contribution in [2.45, 2.75) is 12.8 Å². The lowest BCUT2D eigenvalue weighted by Gasteiger charge is -1.99. The Labute approximate surface area is 101 Å². The van der Waals surface area contributed by atoms with Crippen molar-refractivity contribution < 1.29 is 4.39 Å². The SMILES string of the molecule is F/C(=C\CCc1ccccc1)c1ccccc1. The van der Waals surface area contributed by atoms with Crippen LogP contribution in [0.25, 0.3) is 5.83 Å². The topological polar surface area (TPSA) is 0 Å². The Balaban J connectivity index is 1.93. The van der Waals surface area contributed by atoms with Crippen molar-refractivity contribution in [3.63, 3.8) is 0 Å². The lowest BCUT2D eigenvalue weighted by Crippen LogP contribution is -1.83. The minimum absolute atomic E-state index is 0.137. The van der Waals surface area contributed by atoms with Crippen LogP contribution in [-0.4, -0.2) is 0 Å². The van der Waals surface area contributed by atoms with Crippen LogP contribution in [0.4, 0.5) is 4.39 Å². The molecule has 2 aromatic rings. The van der Waals surface area contributed by atoms with Gasteiger partial charge in [-0.05, 0) is 24.5 Å². The molecule has 0 aliphatic rings. The Morgan fingerprint density at radius 3 is 2.12 bits per heavy atom. The molecule has 1 heteroatoms. The summed E-state index contributed by atoms with van der Waals surface area (Å²) in [7, 11) is 0. The molecule has 0 nitrogen and oxygen atoms in total. The minimum atomic E-state index is -0.137. The highest BCUT2D eigenvalue weighted by Crippen LogP contribution is 2.16. The number of allylic oxidation sites excluding steroid dienone is 1. The maximum atomic E-state index is 13.7. The molecule has 17 heavy (non-hydrogen) atoms. The van der Waals surface area contributed by atoms with Gasteiger partial charge in [-0.3, -0.25) is 0 Å². The van der Waals surface area contributed by atoms with Crippen LogP contribution in [0.3, 0.4) is 0 Å². The lowest BCUT2D eigenvalue weighted by molar-refractivity contribution is 0.752. The fourth-order valence-electron chi connectivity index (χ4n) is 1.73. The third-order valence-electron chi connectivity index (χ3n) is 2.65. The van der Waals surface area contributed by atoms with Gasteiger partial charge < -0.3 is 0 Å². The van der Waals surface area contributed by atoms with E-state index in [9.17, 15) is 4.39 Å². The van der Waals surface area contributed by atoms with Crippen molar-refractivity contribution in [1.82, 2.24) is 0 Å². The van der Waals surface area contributed by atoms with E-state index in [-0.39, 0.29) is 5.83 Å². The fraction of sp³-hybridized carbons (Fsp3) is 0.125. The molecule has 0 aliphatic carbocycles. The summed E-state index contributed by atoms with van der Waals surface area (Å²) < 4.78 is 13.7. The van der Waals surface area contributed by atoms with Crippen LogP contribution in [0.2, 0.25) is 0 Å². The highest BCUT2D eigenvalue weighted by molar-refractivity contribution is 5.58. The predicted molar refractivity (Wildman–Crippen MR) is 70.3 cm³/mol. The average molecular weight is 226 g/mol. The van der Waals surface area contributed by atoms with E-state index in [2.05, 4.69) is 12.1 Å². The first-order chi connectivity index (χ1) is 8.36. The highest BCUT2D eigenvalue weighted by atomic mass is 19.1. The lowest BCUT2D eigenvalue weighted by atomic mass is 10.1. The van der Waals surface area contributed by atoms with Crippen LogP contribution >= 0.6 is 0 Å². The standard InChI is InChI=1S/C16H15F/c17-16(15-11-5-2-6-12-15)13-7-10-14-8-3-1-4-9-14/h1-6,8-9,11-13H,7,10H2/b16-13-. The summed E-state index contributed by atoms with van der Waals surface area (Å²) in [6, 6.07) is 19.3. The van der Waals surface area contributed by atoms with Crippen LogP contribution in [-0.2, 0) is 6.42 Å². The van der Waals surface area contributed by atoms with Crippen molar-refractivity contribution in [2.24, 2.45) is 0 Å². The maximum absolute atomic E-state index is 13.7. The van der Waals surface area contributed by atoms with Gasteiger partial charge in [0.15, 0.2) is 0 Å². The van der Waals surface area contributed by atoms with Gasteiger partial charge in [-0.15, -0.1) is 0 Å².